The van der Waals surface area contributed by atoms with Gasteiger partial charge in [0.25, 0.3) is 5.91 Å². The van der Waals surface area contributed by atoms with Crippen LogP contribution in [0.15, 0.2) is 24.3 Å². The van der Waals surface area contributed by atoms with Crippen molar-refractivity contribution in [1.82, 2.24) is 0 Å². The molecule has 2 aromatic rings. The molecular weight excluding hydrogens is 362 g/mol. The highest BCUT2D eigenvalue weighted by atomic mass is 32.1. The van der Waals surface area contributed by atoms with Gasteiger partial charge in [-0.15, -0.1) is 11.3 Å². The Labute approximate surface area is 163 Å². The van der Waals surface area contributed by atoms with Crippen molar-refractivity contribution in [3.05, 3.63) is 45.8 Å². The van der Waals surface area contributed by atoms with Gasteiger partial charge in [0.2, 0.25) is 0 Å². The number of nitrogens with one attached hydrogen (secondary N) is 1. The van der Waals surface area contributed by atoms with Crippen molar-refractivity contribution in [2.24, 2.45) is 0 Å². The Balaban J connectivity index is 1.93. The third kappa shape index (κ3) is 4.33. The molecule has 0 saturated heterocycles. The number of anilines is 1. The highest BCUT2D eigenvalue weighted by molar-refractivity contribution is 7.17. The van der Waals surface area contributed by atoms with Gasteiger partial charge in [-0.1, -0.05) is 12.1 Å². The summed E-state index contributed by atoms with van der Waals surface area (Å²) >= 11 is 1.49. The number of aryl methyl sites for hydroxylation is 1. The SMILES string of the molecule is CCOC(=O)c1c(NC(=O)c2ccccc2OC(C)C)sc2c1CCCC2. The highest BCUT2D eigenvalue weighted by Gasteiger charge is 2.28. The average molecular weight is 388 g/mol. The summed E-state index contributed by atoms with van der Waals surface area (Å²) in [6, 6.07) is 7.14. The second-order valence-corrected chi connectivity index (χ2v) is 7.86. The van der Waals surface area contributed by atoms with E-state index in [1.165, 1.54) is 16.2 Å². The summed E-state index contributed by atoms with van der Waals surface area (Å²) in [6.45, 7) is 5.93. The van der Waals surface area contributed by atoms with Crippen molar-refractivity contribution in [2.45, 2.75) is 52.6 Å². The number of carbonyl (C=O) groups excluding carboxylic acids is 2. The molecule has 144 valence electrons. The molecule has 6 heteroatoms. The van der Waals surface area contributed by atoms with E-state index in [1.54, 1.807) is 25.1 Å². The number of rotatable bonds is 6. The molecule has 27 heavy (non-hydrogen) atoms. The van der Waals surface area contributed by atoms with Crippen molar-refractivity contribution >= 4 is 28.2 Å². The molecule has 5 nitrogen and oxygen atoms in total. The van der Waals surface area contributed by atoms with E-state index in [1.807, 2.05) is 19.9 Å². The van der Waals surface area contributed by atoms with Crippen LogP contribution in [0.2, 0.25) is 0 Å². The van der Waals surface area contributed by atoms with Gasteiger partial charge >= 0.3 is 5.97 Å². The van der Waals surface area contributed by atoms with Gasteiger partial charge in [-0.05, 0) is 64.2 Å². The third-order valence-electron chi connectivity index (χ3n) is 4.37. The van der Waals surface area contributed by atoms with Gasteiger partial charge in [0.15, 0.2) is 0 Å². The van der Waals surface area contributed by atoms with E-state index in [9.17, 15) is 9.59 Å². The van der Waals surface area contributed by atoms with Crippen LogP contribution in [-0.2, 0) is 17.6 Å². The molecule has 0 fully saturated rings. The summed E-state index contributed by atoms with van der Waals surface area (Å²) in [4.78, 5) is 26.6. The van der Waals surface area contributed by atoms with Crippen molar-refractivity contribution in [1.29, 1.82) is 0 Å². The Bertz CT molecular complexity index is 841. The largest absolute Gasteiger partial charge is 0.490 e. The smallest absolute Gasteiger partial charge is 0.341 e. The number of hydrogen-bond donors (Lipinski definition) is 1. The maximum atomic E-state index is 12.9. The minimum absolute atomic E-state index is 0.0388. The van der Waals surface area contributed by atoms with Crippen LogP contribution in [-0.4, -0.2) is 24.6 Å². The Morgan fingerprint density at radius 1 is 1.19 bits per heavy atom. The summed E-state index contributed by atoms with van der Waals surface area (Å²) in [6.07, 6.45) is 3.91. The van der Waals surface area contributed by atoms with E-state index in [2.05, 4.69) is 5.32 Å². The highest BCUT2D eigenvalue weighted by Crippen LogP contribution is 2.39. The number of benzene rings is 1. The molecule has 1 amide bonds. The quantitative estimate of drug-likeness (QED) is 0.720. The van der Waals surface area contributed by atoms with Crippen LogP contribution in [0.25, 0.3) is 0 Å². The van der Waals surface area contributed by atoms with Crippen molar-refractivity contribution in [3.63, 3.8) is 0 Å². The number of carbonyl (C=O) groups is 2. The molecule has 1 heterocycles. The molecule has 0 radical (unpaired) electrons. The molecule has 3 rings (SSSR count). The molecule has 1 aliphatic rings. The van der Waals surface area contributed by atoms with Gasteiger partial charge < -0.3 is 14.8 Å². The summed E-state index contributed by atoms with van der Waals surface area (Å²) in [5.74, 6) is -0.113. The van der Waals surface area contributed by atoms with Gasteiger partial charge in [0.05, 0.1) is 23.8 Å². The fourth-order valence-electron chi connectivity index (χ4n) is 3.25. The maximum Gasteiger partial charge on any atom is 0.341 e. The first-order valence-corrected chi connectivity index (χ1v) is 10.2. The van der Waals surface area contributed by atoms with E-state index >= 15 is 0 Å². The lowest BCUT2D eigenvalue weighted by molar-refractivity contribution is 0.0526. The lowest BCUT2D eigenvalue weighted by Crippen LogP contribution is -2.17. The minimum atomic E-state index is -0.362. The second kappa shape index (κ2) is 8.57. The lowest BCUT2D eigenvalue weighted by Gasteiger charge is -2.14. The zero-order chi connectivity index (χ0) is 19.4. The fourth-order valence-corrected chi connectivity index (χ4v) is 4.53. The maximum absolute atomic E-state index is 12.9. The number of ether oxygens (including phenoxy) is 2. The molecule has 0 saturated carbocycles. The predicted molar refractivity (Wildman–Crippen MR) is 107 cm³/mol. The number of hydrogen-bond acceptors (Lipinski definition) is 5. The van der Waals surface area contributed by atoms with Crippen LogP contribution in [0, 0.1) is 0 Å². The van der Waals surface area contributed by atoms with Crippen LogP contribution in [0.5, 0.6) is 5.75 Å². The first-order valence-electron chi connectivity index (χ1n) is 9.40. The van der Waals surface area contributed by atoms with Gasteiger partial charge in [-0.25, -0.2) is 4.79 Å². The molecule has 0 aliphatic heterocycles. The van der Waals surface area contributed by atoms with Crippen LogP contribution in [0.1, 0.15) is 64.8 Å². The number of amides is 1. The van der Waals surface area contributed by atoms with E-state index in [0.29, 0.717) is 28.5 Å². The standard InChI is InChI=1S/C21H25NO4S/c1-4-25-21(24)18-15-10-6-8-12-17(15)27-20(18)22-19(23)14-9-5-7-11-16(14)26-13(2)3/h5,7,9,11,13H,4,6,8,10,12H2,1-3H3,(H,22,23). The molecule has 1 aromatic carbocycles. The van der Waals surface area contributed by atoms with Crippen LogP contribution < -0.4 is 10.1 Å². The number of esters is 1. The molecule has 1 N–H and O–H groups in total. The number of fused-ring (bicyclic) bond motifs is 1. The molecule has 0 bridgehead atoms. The number of thiophene rings is 1. The first kappa shape index (κ1) is 19.4. The average Bonchev–Trinajstić information content (AvgIpc) is 2.99. The van der Waals surface area contributed by atoms with Gasteiger partial charge in [-0.3, -0.25) is 4.79 Å². The summed E-state index contributed by atoms with van der Waals surface area (Å²) in [5, 5.41) is 3.51. The van der Waals surface area contributed by atoms with Crippen molar-refractivity contribution in [3.8, 4) is 5.75 Å². The fraction of sp³-hybridized carbons (Fsp3) is 0.429. The normalized spacial score (nSPS) is 13.2. The molecule has 0 spiro atoms. The van der Waals surface area contributed by atoms with Crippen molar-refractivity contribution in [2.75, 3.05) is 11.9 Å². The summed E-state index contributed by atoms with van der Waals surface area (Å²) in [5.41, 5.74) is 2.01. The summed E-state index contributed by atoms with van der Waals surface area (Å²) in [7, 11) is 0. The minimum Gasteiger partial charge on any atom is -0.490 e. The third-order valence-corrected chi connectivity index (χ3v) is 5.58. The zero-order valence-corrected chi connectivity index (χ0v) is 16.8. The second-order valence-electron chi connectivity index (χ2n) is 6.75. The first-order chi connectivity index (χ1) is 13.0. The van der Waals surface area contributed by atoms with Crippen LogP contribution in [0.4, 0.5) is 5.00 Å². The van der Waals surface area contributed by atoms with Crippen molar-refractivity contribution < 1.29 is 19.1 Å². The van der Waals surface area contributed by atoms with Crippen LogP contribution >= 0.6 is 11.3 Å². The monoisotopic (exact) mass is 387 g/mol. The van der Waals surface area contributed by atoms with Crippen LogP contribution in [0.3, 0.4) is 0 Å². The Kier molecular flexibility index (Phi) is 6.16. The van der Waals surface area contributed by atoms with Gasteiger partial charge in [-0.2, -0.15) is 0 Å². The Morgan fingerprint density at radius 2 is 1.93 bits per heavy atom. The number of para-hydroxylation sites is 1. The predicted octanol–water partition coefficient (Wildman–Crippen LogP) is 4.84. The molecule has 0 atom stereocenters. The van der Waals surface area contributed by atoms with Gasteiger partial charge in [0, 0.05) is 4.88 Å². The molecular formula is C21H25NO4S. The molecule has 1 aromatic heterocycles. The zero-order valence-electron chi connectivity index (χ0n) is 16.0. The Hall–Kier alpha value is -2.34. The van der Waals surface area contributed by atoms with E-state index < -0.39 is 0 Å². The van der Waals surface area contributed by atoms with Gasteiger partial charge in [0.1, 0.15) is 10.8 Å². The summed E-state index contributed by atoms with van der Waals surface area (Å²) < 4.78 is 11.0. The van der Waals surface area contributed by atoms with E-state index in [-0.39, 0.29) is 18.0 Å². The topological polar surface area (TPSA) is 64.6 Å². The molecule has 0 unspecified atom stereocenters. The van der Waals surface area contributed by atoms with E-state index in [4.69, 9.17) is 9.47 Å². The Morgan fingerprint density at radius 3 is 2.67 bits per heavy atom. The lowest BCUT2D eigenvalue weighted by atomic mass is 9.95. The molecule has 1 aliphatic carbocycles. The van der Waals surface area contributed by atoms with E-state index in [0.717, 1.165) is 31.2 Å².